The highest BCUT2D eigenvalue weighted by Gasteiger charge is 2.40. The molecule has 0 radical (unpaired) electrons. The summed E-state index contributed by atoms with van der Waals surface area (Å²) in [6.45, 7) is 15.9. The van der Waals surface area contributed by atoms with Crippen molar-refractivity contribution in [2.75, 3.05) is 11.9 Å². The van der Waals surface area contributed by atoms with Crippen molar-refractivity contribution in [3.8, 4) is 5.75 Å². The second-order valence-corrected chi connectivity index (χ2v) is 23.5. The molecule has 9 heteroatoms. The van der Waals surface area contributed by atoms with E-state index in [-0.39, 0.29) is 28.4 Å². The van der Waals surface area contributed by atoms with E-state index in [1.54, 1.807) is 30.3 Å². The van der Waals surface area contributed by atoms with Crippen LogP contribution in [0.15, 0.2) is 36.4 Å². The first-order chi connectivity index (χ1) is 15.2. The standard InChI is InChI=1S/C24H35NO5Si3/c1-31(2,3)29-33(7,30-32(4,5)6)16-10-15-25-19-13-14-20(26)22-21(19)23(27)17-11-8-9-12-18(17)24(22)28/h8-9,11-14,25-26H,10,15-16H2,1-7H3. The van der Waals surface area contributed by atoms with Crippen LogP contribution in [-0.4, -0.2) is 48.4 Å². The Balaban J connectivity index is 1.78. The molecule has 3 rings (SSSR count). The second-order valence-electron chi connectivity index (χ2n) is 10.7. The summed E-state index contributed by atoms with van der Waals surface area (Å²) in [5.74, 6) is -0.745. The lowest BCUT2D eigenvalue weighted by Gasteiger charge is -2.38. The van der Waals surface area contributed by atoms with Crippen LogP contribution in [0.1, 0.15) is 38.3 Å². The van der Waals surface area contributed by atoms with Gasteiger partial charge in [0, 0.05) is 23.4 Å². The maximum absolute atomic E-state index is 13.2. The van der Waals surface area contributed by atoms with Crippen molar-refractivity contribution in [2.24, 2.45) is 0 Å². The molecule has 2 N–H and O–H groups in total. The van der Waals surface area contributed by atoms with E-state index in [1.165, 1.54) is 6.07 Å². The van der Waals surface area contributed by atoms with Gasteiger partial charge in [0.2, 0.25) is 0 Å². The van der Waals surface area contributed by atoms with Crippen molar-refractivity contribution in [2.45, 2.75) is 58.3 Å². The number of aromatic hydroxyl groups is 1. The third-order valence-electron chi connectivity index (χ3n) is 5.22. The Bertz CT molecular complexity index is 1060. The van der Waals surface area contributed by atoms with Gasteiger partial charge in [-0.1, -0.05) is 24.3 Å². The molecule has 0 heterocycles. The summed E-state index contributed by atoms with van der Waals surface area (Å²) in [5, 5.41) is 13.7. The van der Waals surface area contributed by atoms with Crippen LogP contribution in [0.5, 0.6) is 5.75 Å². The van der Waals surface area contributed by atoms with Gasteiger partial charge in [-0.05, 0) is 70.4 Å². The van der Waals surface area contributed by atoms with Crippen LogP contribution in [0.25, 0.3) is 0 Å². The molecule has 0 saturated heterocycles. The highest BCUT2D eigenvalue weighted by Crippen LogP contribution is 2.37. The van der Waals surface area contributed by atoms with E-state index in [1.807, 2.05) is 0 Å². The van der Waals surface area contributed by atoms with Crippen LogP contribution in [0.2, 0.25) is 51.9 Å². The number of carbonyl (C=O) groups excluding carboxylic acids is 2. The van der Waals surface area contributed by atoms with E-state index in [4.69, 9.17) is 8.23 Å². The summed E-state index contributed by atoms with van der Waals surface area (Å²) in [7, 11) is -5.87. The van der Waals surface area contributed by atoms with Crippen LogP contribution >= 0.6 is 0 Å². The highest BCUT2D eigenvalue weighted by molar-refractivity contribution is 6.87. The number of phenolic OH excluding ortho intramolecular Hbond substituents is 1. The predicted octanol–water partition coefficient (Wildman–Crippen LogP) is 5.74. The van der Waals surface area contributed by atoms with E-state index in [0.717, 1.165) is 12.5 Å². The summed E-state index contributed by atoms with van der Waals surface area (Å²) in [6, 6.07) is 10.7. The predicted molar refractivity (Wildman–Crippen MR) is 140 cm³/mol. The molecule has 178 valence electrons. The van der Waals surface area contributed by atoms with Crippen molar-refractivity contribution < 1.29 is 22.9 Å². The van der Waals surface area contributed by atoms with Gasteiger partial charge in [0.15, 0.2) is 28.2 Å². The lowest BCUT2D eigenvalue weighted by Crippen LogP contribution is -2.52. The van der Waals surface area contributed by atoms with Crippen LogP contribution in [0.3, 0.4) is 0 Å². The lowest BCUT2D eigenvalue weighted by atomic mass is 9.82. The third-order valence-corrected chi connectivity index (χ3v) is 14.8. The smallest absolute Gasteiger partial charge is 0.314 e. The van der Waals surface area contributed by atoms with Crippen LogP contribution in [0, 0.1) is 0 Å². The first-order valence-electron chi connectivity index (χ1n) is 11.4. The molecule has 33 heavy (non-hydrogen) atoms. The minimum absolute atomic E-state index is 0.0760. The molecule has 0 spiro atoms. The number of benzene rings is 2. The molecule has 0 atom stereocenters. The minimum atomic E-state index is -2.35. The van der Waals surface area contributed by atoms with Gasteiger partial charge in [0.25, 0.3) is 0 Å². The number of hydrogen-bond acceptors (Lipinski definition) is 6. The molecule has 1 aliphatic carbocycles. The van der Waals surface area contributed by atoms with Crippen LogP contribution < -0.4 is 5.32 Å². The quantitative estimate of drug-likeness (QED) is 0.221. The zero-order chi connectivity index (χ0) is 24.6. The van der Waals surface area contributed by atoms with E-state index in [2.05, 4.69) is 51.1 Å². The average Bonchev–Trinajstić information content (AvgIpc) is 2.67. The molecule has 6 nitrogen and oxygen atoms in total. The average molecular weight is 502 g/mol. The van der Waals surface area contributed by atoms with Crippen molar-refractivity contribution in [1.82, 2.24) is 0 Å². The fraction of sp³-hybridized carbons (Fsp3) is 0.417. The van der Waals surface area contributed by atoms with Crippen LogP contribution in [0.4, 0.5) is 5.69 Å². The Morgan fingerprint density at radius 1 is 0.788 bits per heavy atom. The molecule has 0 aromatic heterocycles. The molecule has 0 saturated carbocycles. The number of hydrogen-bond donors (Lipinski definition) is 2. The highest BCUT2D eigenvalue weighted by atomic mass is 28.5. The first-order valence-corrected chi connectivity index (χ1v) is 20.7. The molecule has 0 aliphatic heterocycles. The molecule has 0 amide bonds. The third kappa shape index (κ3) is 6.10. The number of fused-ring (bicyclic) bond motifs is 2. The maximum Gasteiger partial charge on any atom is 0.314 e. The van der Waals surface area contributed by atoms with Gasteiger partial charge < -0.3 is 18.7 Å². The van der Waals surface area contributed by atoms with E-state index in [0.29, 0.717) is 23.4 Å². The Kier molecular flexibility index (Phi) is 7.21. The SMILES string of the molecule is C[Si](C)(C)O[Si](C)(CCCNc1ccc(O)c2c1C(=O)c1ccccc1C2=O)O[Si](C)(C)C. The Morgan fingerprint density at radius 3 is 1.82 bits per heavy atom. The van der Waals surface area contributed by atoms with Crippen molar-refractivity contribution >= 4 is 42.4 Å². The molecule has 0 unspecified atom stereocenters. The van der Waals surface area contributed by atoms with E-state index in [9.17, 15) is 14.7 Å². The fourth-order valence-corrected chi connectivity index (χ4v) is 16.9. The summed E-state index contributed by atoms with van der Waals surface area (Å²) in [4.78, 5) is 26.2. The number of phenols is 1. The van der Waals surface area contributed by atoms with Gasteiger partial charge in [0.1, 0.15) is 5.75 Å². The maximum atomic E-state index is 13.2. The first kappa shape index (κ1) is 25.6. The van der Waals surface area contributed by atoms with Crippen molar-refractivity contribution in [3.63, 3.8) is 0 Å². The Morgan fingerprint density at radius 2 is 1.30 bits per heavy atom. The molecule has 2 aromatic carbocycles. The van der Waals surface area contributed by atoms with Gasteiger partial charge in [-0.15, -0.1) is 0 Å². The molecule has 2 aromatic rings. The topological polar surface area (TPSA) is 84.9 Å². The summed E-state index contributed by atoms with van der Waals surface area (Å²) < 4.78 is 13.1. The number of anilines is 1. The zero-order valence-corrected chi connectivity index (χ0v) is 23.7. The fourth-order valence-electron chi connectivity index (χ4n) is 4.40. The molecule has 1 aliphatic rings. The van der Waals surface area contributed by atoms with Crippen LogP contribution in [-0.2, 0) is 8.23 Å². The van der Waals surface area contributed by atoms with Crippen molar-refractivity contribution in [3.05, 3.63) is 58.7 Å². The largest absolute Gasteiger partial charge is 0.507 e. The monoisotopic (exact) mass is 501 g/mol. The molecule has 0 bridgehead atoms. The lowest BCUT2D eigenvalue weighted by molar-refractivity contribution is 0.0977. The Labute approximate surface area is 199 Å². The number of rotatable bonds is 9. The summed E-state index contributed by atoms with van der Waals surface area (Å²) in [5.41, 5.74) is 1.59. The zero-order valence-electron chi connectivity index (χ0n) is 20.7. The summed E-state index contributed by atoms with van der Waals surface area (Å²) >= 11 is 0. The van der Waals surface area contributed by atoms with Gasteiger partial charge in [-0.2, -0.15) is 0 Å². The van der Waals surface area contributed by atoms with Crippen molar-refractivity contribution in [1.29, 1.82) is 0 Å². The second kappa shape index (κ2) is 9.30. The van der Waals surface area contributed by atoms with Gasteiger partial charge in [0.05, 0.1) is 11.1 Å². The number of carbonyl (C=O) groups is 2. The molecular weight excluding hydrogens is 467 g/mol. The van der Waals surface area contributed by atoms with Gasteiger partial charge in [-0.3, -0.25) is 9.59 Å². The molecular formula is C24H35NO5Si3. The minimum Gasteiger partial charge on any atom is -0.507 e. The normalized spacial score (nSPS) is 14.2. The summed E-state index contributed by atoms with van der Waals surface area (Å²) in [6.07, 6.45) is 0.812. The molecule has 0 fully saturated rings. The number of ketones is 2. The number of nitrogens with one attached hydrogen (secondary N) is 1. The van der Waals surface area contributed by atoms with E-state index < -0.39 is 25.2 Å². The van der Waals surface area contributed by atoms with Gasteiger partial charge in [-0.25, -0.2) is 0 Å². The Hall–Kier alpha value is -2.05. The van der Waals surface area contributed by atoms with Gasteiger partial charge >= 0.3 is 8.56 Å². The van der Waals surface area contributed by atoms with E-state index >= 15 is 0 Å².